The quantitative estimate of drug-likeness (QED) is 0.532. The van der Waals surface area contributed by atoms with Gasteiger partial charge in [-0.2, -0.15) is 0 Å². The molecule has 3 rings (SSSR count). The molecule has 0 spiro atoms. The molecule has 1 aromatic carbocycles. The maximum Gasteiger partial charge on any atom is 0.237 e. The molecule has 1 heterocycles. The lowest BCUT2D eigenvalue weighted by Gasteiger charge is -2.49. The minimum atomic E-state index is -0.781. The number of hydrogen-bond donors (Lipinski definition) is 4. The number of carbonyl (C=O) groups is 1. The van der Waals surface area contributed by atoms with E-state index < -0.39 is 12.2 Å². The highest BCUT2D eigenvalue weighted by atomic mass is 16.3. The van der Waals surface area contributed by atoms with E-state index in [0.717, 1.165) is 30.4 Å². The number of hydrogen-bond acceptors (Lipinski definition) is 5. The largest absolute Gasteiger partial charge is 0.392 e. The fourth-order valence-corrected chi connectivity index (χ4v) is 5.28. The SMILES string of the molecule is CC(C)(C)NC(=O)C1CCC2CCCCC2N1CC(O)CC(O)c1ccc(CO)cc1. The predicted octanol–water partition coefficient (Wildman–Crippen LogP) is 2.90. The van der Waals surface area contributed by atoms with Gasteiger partial charge in [0.25, 0.3) is 0 Å². The van der Waals surface area contributed by atoms with Crippen LogP contribution in [-0.2, 0) is 11.4 Å². The molecule has 1 amide bonds. The second-order valence-corrected chi connectivity index (χ2v) is 10.4. The van der Waals surface area contributed by atoms with Crippen LogP contribution in [0.25, 0.3) is 0 Å². The number of piperidine rings is 1. The van der Waals surface area contributed by atoms with E-state index in [-0.39, 0.29) is 30.5 Å². The van der Waals surface area contributed by atoms with Gasteiger partial charge < -0.3 is 20.6 Å². The van der Waals surface area contributed by atoms with Crippen LogP contribution in [0, 0.1) is 5.92 Å². The first kappa shape index (κ1) is 24.2. The Morgan fingerprint density at radius 3 is 2.42 bits per heavy atom. The summed E-state index contributed by atoms with van der Waals surface area (Å²) < 4.78 is 0. The number of amides is 1. The number of benzene rings is 1. The number of β-amino-alcohol motifs (C(OH)–C–C–N with tert-alkyl or cyclic N) is 1. The van der Waals surface area contributed by atoms with Gasteiger partial charge in [0.1, 0.15) is 0 Å². The highest BCUT2D eigenvalue weighted by Gasteiger charge is 2.42. The van der Waals surface area contributed by atoms with Crippen LogP contribution in [0.5, 0.6) is 0 Å². The molecular formula is C25H40N2O4. The van der Waals surface area contributed by atoms with Gasteiger partial charge in [0.05, 0.1) is 24.9 Å². The van der Waals surface area contributed by atoms with Crippen LogP contribution >= 0.6 is 0 Å². The molecule has 1 aromatic rings. The lowest BCUT2D eigenvalue weighted by molar-refractivity contribution is -0.134. The first-order chi connectivity index (χ1) is 14.7. The van der Waals surface area contributed by atoms with Crippen LogP contribution in [0.1, 0.15) is 82.9 Å². The Kier molecular flexibility index (Phi) is 8.14. The second kappa shape index (κ2) is 10.4. The number of nitrogens with zero attached hydrogens (tertiary/aromatic N) is 1. The van der Waals surface area contributed by atoms with Gasteiger partial charge in [-0.25, -0.2) is 0 Å². The summed E-state index contributed by atoms with van der Waals surface area (Å²) in [6.45, 7) is 6.35. The van der Waals surface area contributed by atoms with Gasteiger partial charge in [0.2, 0.25) is 5.91 Å². The van der Waals surface area contributed by atoms with Crippen molar-refractivity contribution in [1.29, 1.82) is 0 Å². The molecule has 4 N–H and O–H groups in total. The minimum absolute atomic E-state index is 0.0332. The van der Waals surface area contributed by atoms with E-state index in [1.165, 1.54) is 19.3 Å². The van der Waals surface area contributed by atoms with E-state index in [4.69, 9.17) is 0 Å². The summed E-state index contributed by atoms with van der Waals surface area (Å²) in [5.41, 5.74) is 1.23. The van der Waals surface area contributed by atoms with Crippen molar-refractivity contribution in [3.05, 3.63) is 35.4 Å². The summed E-state index contributed by atoms with van der Waals surface area (Å²) in [5.74, 6) is 0.638. The molecule has 1 saturated heterocycles. The Morgan fingerprint density at radius 2 is 1.77 bits per heavy atom. The average Bonchev–Trinajstić information content (AvgIpc) is 2.72. The summed E-state index contributed by atoms with van der Waals surface area (Å²) in [4.78, 5) is 15.3. The molecule has 31 heavy (non-hydrogen) atoms. The first-order valence-electron chi connectivity index (χ1n) is 11.8. The molecule has 0 bridgehead atoms. The van der Waals surface area contributed by atoms with Gasteiger partial charge >= 0.3 is 0 Å². The molecule has 0 radical (unpaired) electrons. The first-order valence-corrected chi connectivity index (χ1v) is 11.8. The average molecular weight is 433 g/mol. The molecule has 5 atom stereocenters. The van der Waals surface area contributed by atoms with Gasteiger partial charge in [0.15, 0.2) is 0 Å². The molecular weight excluding hydrogens is 392 g/mol. The Hall–Kier alpha value is -1.47. The summed E-state index contributed by atoms with van der Waals surface area (Å²) in [6.07, 6.45) is 5.29. The number of nitrogens with one attached hydrogen (secondary N) is 1. The van der Waals surface area contributed by atoms with E-state index in [9.17, 15) is 20.1 Å². The number of carbonyl (C=O) groups excluding carboxylic acids is 1. The van der Waals surface area contributed by atoms with Crippen molar-refractivity contribution in [3.8, 4) is 0 Å². The Balaban J connectivity index is 1.69. The summed E-state index contributed by atoms with van der Waals surface area (Å²) in [7, 11) is 0. The van der Waals surface area contributed by atoms with Crippen LogP contribution in [0.15, 0.2) is 24.3 Å². The van der Waals surface area contributed by atoms with Crippen LogP contribution in [0.2, 0.25) is 0 Å². The number of aliphatic hydroxyl groups excluding tert-OH is 3. The number of likely N-dealkylation sites (tertiary alicyclic amines) is 1. The van der Waals surface area contributed by atoms with E-state index >= 15 is 0 Å². The lowest BCUT2D eigenvalue weighted by Crippen LogP contribution is -2.60. The molecule has 2 aliphatic rings. The molecule has 1 aliphatic carbocycles. The Morgan fingerprint density at radius 1 is 1.10 bits per heavy atom. The predicted molar refractivity (Wildman–Crippen MR) is 121 cm³/mol. The van der Waals surface area contributed by atoms with Gasteiger partial charge in [-0.3, -0.25) is 9.69 Å². The fourth-order valence-electron chi connectivity index (χ4n) is 5.28. The molecule has 6 nitrogen and oxygen atoms in total. The zero-order valence-electron chi connectivity index (χ0n) is 19.3. The zero-order valence-corrected chi connectivity index (χ0v) is 19.3. The third-order valence-corrected chi connectivity index (χ3v) is 6.77. The molecule has 1 aliphatic heterocycles. The highest BCUT2D eigenvalue weighted by Crippen LogP contribution is 2.38. The van der Waals surface area contributed by atoms with Gasteiger partial charge in [-0.1, -0.05) is 37.1 Å². The normalized spacial score (nSPS) is 26.7. The smallest absolute Gasteiger partial charge is 0.237 e. The molecule has 174 valence electrons. The second-order valence-electron chi connectivity index (χ2n) is 10.4. The van der Waals surface area contributed by atoms with Crippen molar-refractivity contribution in [1.82, 2.24) is 10.2 Å². The summed E-state index contributed by atoms with van der Waals surface area (Å²) >= 11 is 0. The van der Waals surface area contributed by atoms with Crippen molar-refractivity contribution in [3.63, 3.8) is 0 Å². The molecule has 6 heteroatoms. The van der Waals surface area contributed by atoms with E-state index in [1.54, 1.807) is 24.3 Å². The van der Waals surface area contributed by atoms with E-state index in [0.29, 0.717) is 18.5 Å². The van der Waals surface area contributed by atoms with Crippen molar-refractivity contribution in [2.75, 3.05) is 6.54 Å². The van der Waals surface area contributed by atoms with Crippen molar-refractivity contribution >= 4 is 5.91 Å². The monoisotopic (exact) mass is 432 g/mol. The van der Waals surface area contributed by atoms with Crippen molar-refractivity contribution in [2.45, 2.75) is 102 Å². The standard InChI is InChI=1S/C25H40N2O4/c1-25(2,3)26-24(31)22-13-12-18-6-4-5-7-21(18)27(22)15-20(29)14-23(30)19-10-8-17(16-28)9-11-19/h8-11,18,20-23,28-30H,4-7,12-16H2,1-3H3,(H,26,31). The molecule has 0 aromatic heterocycles. The molecule has 1 saturated carbocycles. The number of rotatable bonds is 7. The van der Waals surface area contributed by atoms with Crippen LogP contribution in [0.3, 0.4) is 0 Å². The van der Waals surface area contributed by atoms with E-state index in [2.05, 4.69) is 10.2 Å². The number of fused-ring (bicyclic) bond motifs is 1. The van der Waals surface area contributed by atoms with E-state index in [1.807, 2.05) is 20.8 Å². The number of aliphatic hydroxyl groups is 3. The third kappa shape index (κ3) is 6.51. The molecule has 5 unspecified atom stereocenters. The fraction of sp³-hybridized carbons (Fsp3) is 0.720. The maximum absolute atomic E-state index is 13.1. The Bertz CT molecular complexity index is 715. The van der Waals surface area contributed by atoms with Crippen LogP contribution in [-0.4, -0.2) is 56.4 Å². The lowest BCUT2D eigenvalue weighted by atomic mass is 9.76. The van der Waals surface area contributed by atoms with Crippen LogP contribution in [0.4, 0.5) is 0 Å². The zero-order chi connectivity index (χ0) is 22.6. The van der Waals surface area contributed by atoms with Crippen LogP contribution < -0.4 is 5.32 Å². The third-order valence-electron chi connectivity index (χ3n) is 6.77. The topological polar surface area (TPSA) is 93.0 Å². The van der Waals surface area contributed by atoms with Gasteiger partial charge in [-0.15, -0.1) is 0 Å². The minimum Gasteiger partial charge on any atom is -0.392 e. The van der Waals surface area contributed by atoms with Crippen molar-refractivity contribution in [2.24, 2.45) is 5.92 Å². The Labute approximate surface area is 186 Å². The van der Waals surface area contributed by atoms with Gasteiger partial charge in [-0.05, 0) is 63.5 Å². The summed E-state index contributed by atoms with van der Waals surface area (Å²) in [5, 5.41) is 33.8. The van der Waals surface area contributed by atoms with Crippen molar-refractivity contribution < 1.29 is 20.1 Å². The maximum atomic E-state index is 13.1. The van der Waals surface area contributed by atoms with Gasteiger partial charge in [0, 0.05) is 24.5 Å². The highest BCUT2D eigenvalue weighted by molar-refractivity contribution is 5.82. The summed E-state index contributed by atoms with van der Waals surface area (Å²) in [6, 6.07) is 7.26. The molecule has 2 fully saturated rings.